The summed E-state index contributed by atoms with van der Waals surface area (Å²) in [4.78, 5) is 7.79. The zero-order valence-corrected chi connectivity index (χ0v) is 14.2. The standard InChI is InChI=1S/C12H12Cl2N6O2S/c1-2-19(12-9(13)4-3-5-10(12)14)23(21,22)20-6-11-16-7-15-8-18(11)17-20/h3-8,17H,2H2,1H3. The molecule has 0 radical (unpaired) electrons. The predicted molar refractivity (Wildman–Crippen MR) is 90.3 cm³/mol. The first-order valence-corrected chi connectivity index (χ1v) is 8.69. The van der Waals surface area contributed by atoms with Gasteiger partial charge in [0.15, 0.2) is 5.82 Å². The Kier molecular flexibility index (Phi) is 4.19. The Morgan fingerprint density at radius 1 is 1.30 bits per heavy atom. The Morgan fingerprint density at radius 2 is 2.00 bits per heavy atom. The molecule has 1 aromatic carbocycles. The molecule has 0 atom stereocenters. The highest BCUT2D eigenvalue weighted by Gasteiger charge is 2.35. The van der Waals surface area contributed by atoms with Gasteiger partial charge in [-0.3, -0.25) is 0 Å². The average molecular weight is 375 g/mol. The van der Waals surface area contributed by atoms with Gasteiger partial charge in [-0.2, -0.15) is 12.8 Å². The van der Waals surface area contributed by atoms with Gasteiger partial charge in [0, 0.05) is 6.54 Å². The van der Waals surface area contributed by atoms with Gasteiger partial charge in [-0.1, -0.05) is 29.3 Å². The molecule has 0 fully saturated rings. The first-order chi connectivity index (χ1) is 10.9. The number of nitrogens with one attached hydrogen (secondary N) is 1. The molecule has 0 aromatic heterocycles. The summed E-state index contributed by atoms with van der Waals surface area (Å²) in [5, 5.41) is 1.86. The molecular formula is C12H12Cl2N6O2S. The first kappa shape index (κ1) is 16.1. The second-order valence-electron chi connectivity index (χ2n) is 4.51. The minimum absolute atomic E-state index is 0.143. The Labute approximate surface area is 143 Å². The minimum Gasteiger partial charge on any atom is -0.249 e. The van der Waals surface area contributed by atoms with E-state index < -0.39 is 10.2 Å². The average Bonchev–Trinajstić information content (AvgIpc) is 2.95. The lowest BCUT2D eigenvalue weighted by molar-refractivity contribution is 0.283. The van der Waals surface area contributed by atoms with Gasteiger partial charge < -0.3 is 0 Å². The summed E-state index contributed by atoms with van der Waals surface area (Å²) in [6.07, 6.45) is 4.07. The van der Waals surface area contributed by atoms with Gasteiger partial charge in [-0.05, 0) is 19.1 Å². The molecule has 1 N–H and O–H groups in total. The van der Waals surface area contributed by atoms with Crippen LogP contribution in [0.3, 0.4) is 0 Å². The van der Waals surface area contributed by atoms with Crippen molar-refractivity contribution in [2.24, 2.45) is 9.98 Å². The first-order valence-electron chi connectivity index (χ1n) is 6.54. The van der Waals surface area contributed by atoms with E-state index in [1.807, 2.05) is 0 Å². The molecule has 1 aromatic rings. The third-order valence-corrected chi connectivity index (χ3v) is 5.42. The number of halogens is 2. The Balaban J connectivity index is 2.00. The molecule has 8 nitrogen and oxygen atoms in total. The maximum Gasteiger partial charge on any atom is 0.341 e. The highest BCUT2D eigenvalue weighted by molar-refractivity contribution is 7.90. The van der Waals surface area contributed by atoms with Gasteiger partial charge >= 0.3 is 10.2 Å². The topological polar surface area (TPSA) is 80.6 Å². The van der Waals surface area contributed by atoms with Gasteiger partial charge in [0.25, 0.3) is 0 Å². The molecule has 3 rings (SSSR count). The van der Waals surface area contributed by atoms with Crippen molar-refractivity contribution in [2.45, 2.75) is 6.92 Å². The highest BCUT2D eigenvalue weighted by Crippen LogP contribution is 2.36. The van der Waals surface area contributed by atoms with Crippen LogP contribution >= 0.6 is 23.2 Å². The number of fused-ring (bicyclic) bond motifs is 1. The van der Waals surface area contributed by atoms with Crippen LogP contribution in [0.4, 0.5) is 5.69 Å². The van der Waals surface area contributed by atoms with Crippen molar-refractivity contribution in [1.82, 2.24) is 15.0 Å². The number of para-hydroxylation sites is 1. The van der Waals surface area contributed by atoms with Crippen molar-refractivity contribution in [3.8, 4) is 0 Å². The SMILES string of the molecule is CCN(c1c(Cl)cccc1Cl)S(=O)(=O)N1C=C2N=CN=CN2N1. The van der Waals surface area contributed by atoms with E-state index in [2.05, 4.69) is 15.5 Å². The molecule has 0 unspecified atom stereocenters. The molecule has 0 spiro atoms. The number of hydrogen-bond acceptors (Lipinski definition) is 6. The molecule has 2 aliphatic rings. The maximum atomic E-state index is 12.9. The van der Waals surface area contributed by atoms with Crippen molar-refractivity contribution in [3.63, 3.8) is 0 Å². The molecule has 2 aliphatic heterocycles. The zero-order valence-electron chi connectivity index (χ0n) is 11.9. The number of hydrogen-bond donors (Lipinski definition) is 1. The summed E-state index contributed by atoms with van der Waals surface area (Å²) < 4.78 is 27.9. The Morgan fingerprint density at radius 3 is 2.61 bits per heavy atom. The minimum atomic E-state index is -3.97. The number of anilines is 1. The fourth-order valence-electron chi connectivity index (χ4n) is 2.11. The third kappa shape index (κ3) is 2.76. The lowest BCUT2D eigenvalue weighted by Gasteiger charge is -2.29. The highest BCUT2D eigenvalue weighted by atomic mass is 35.5. The van der Waals surface area contributed by atoms with Crippen LogP contribution in [0.2, 0.25) is 10.0 Å². The number of rotatable bonds is 4. The lowest BCUT2D eigenvalue weighted by Crippen LogP contribution is -2.49. The van der Waals surface area contributed by atoms with Crippen LogP contribution in [-0.4, -0.2) is 37.1 Å². The van der Waals surface area contributed by atoms with E-state index in [1.165, 1.54) is 23.9 Å². The summed E-state index contributed by atoms with van der Waals surface area (Å²) in [6, 6.07) is 4.81. The molecule has 0 saturated heterocycles. The number of aliphatic imine (C=N–C) groups is 2. The van der Waals surface area contributed by atoms with Crippen molar-refractivity contribution in [3.05, 3.63) is 40.3 Å². The third-order valence-electron chi connectivity index (χ3n) is 3.13. The summed E-state index contributed by atoms with van der Waals surface area (Å²) in [5.74, 6) is 0.393. The van der Waals surface area contributed by atoms with Gasteiger partial charge in [0.2, 0.25) is 0 Å². The van der Waals surface area contributed by atoms with Gasteiger partial charge in [-0.15, -0.1) is 5.53 Å². The summed E-state index contributed by atoms with van der Waals surface area (Å²) in [7, 11) is -3.97. The van der Waals surface area contributed by atoms with Gasteiger partial charge in [-0.25, -0.2) is 19.3 Å². The van der Waals surface area contributed by atoms with Crippen molar-refractivity contribution in [2.75, 3.05) is 10.8 Å². The largest absolute Gasteiger partial charge is 0.341 e. The van der Waals surface area contributed by atoms with E-state index >= 15 is 0 Å². The molecule has 2 heterocycles. The van der Waals surface area contributed by atoms with Crippen LogP contribution in [0.15, 0.2) is 40.2 Å². The number of nitrogens with zero attached hydrogens (tertiary/aromatic N) is 5. The maximum absolute atomic E-state index is 12.9. The lowest BCUT2D eigenvalue weighted by atomic mass is 10.3. The van der Waals surface area contributed by atoms with Gasteiger partial charge in [0.1, 0.15) is 12.7 Å². The van der Waals surface area contributed by atoms with Crippen molar-refractivity contribution >= 4 is 51.8 Å². The van der Waals surface area contributed by atoms with E-state index in [0.717, 1.165) is 8.72 Å². The normalized spacial score (nSPS) is 16.6. The Hall–Kier alpha value is -1.81. The van der Waals surface area contributed by atoms with Crippen LogP contribution < -0.4 is 9.84 Å². The van der Waals surface area contributed by atoms with Crippen LogP contribution in [-0.2, 0) is 10.2 Å². The molecule has 0 bridgehead atoms. The number of hydrazine groups is 2. The van der Waals surface area contributed by atoms with Crippen molar-refractivity contribution < 1.29 is 8.42 Å². The molecule has 0 aliphatic carbocycles. The molecule has 122 valence electrons. The summed E-state index contributed by atoms with van der Waals surface area (Å²) in [5.41, 5.74) is 2.87. The van der Waals surface area contributed by atoms with Crippen LogP contribution in [0, 0.1) is 0 Å². The van der Waals surface area contributed by atoms with Crippen molar-refractivity contribution in [1.29, 1.82) is 0 Å². The smallest absolute Gasteiger partial charge is 0.249 e. The van der Waals surface area contributed by atoms with Crippen LogP contribution in [0.1, 0.15) is 6.92 Å². The summed E-state index contributed by atoms with van der Waals surface area (Å²) in [6.45, 7) is 1.83. The fraction of sp³-hybridized carbons (Fsp3) is 0.167. The van der Waals surface area contributed by atoms with Crippen LogP contribution in [0.25, 0.3) is 0 Å². The van der Waals surface area contributed by atoms with E-state index in [9.17, 15) is 8.42 Å². The second-order valence-corrected chi connectivity index (χ2v) is 7.05. The predicted octanol–water partition coefficient (Wildman–Crippen LogP) is 1.97. The molecule has 11 heteroatoms. The fourth-order valence-corrected chi connectivity index (χ4v) is 4.20. The second kappa shape index (κ2) is 6.00. The van der Waals surface area contributed by atoms with Gasteiger partial charge in [0.05, 0.1) is 21.9 Å². The molecule has 0 saturated carbocycles. The number of benzene rings is 1. The van der Waals surface area contributed by atoms with E-state index in [0.29, 0.717) is 5.82 Å². The summed E-state index contributed by atoms with van der Waals surface area (Å²) >= 11 is 12.3. The molecule has 23 heavy (non-hydrogen) atoms. The zero-order chi connectivity index (χ0) is 16.6. The van der Waals surface area contributed by atoms with Crippen LogP contribution in [0.5, 0.6) is 0 Å². The monoisotopic (exact) mass is 374 g/mol. The Bertz CT molecular complexity index is 803. The van der Waals surface area contributed by atoms with E-state index in [1.54, 1.807) is 25.1 Å². The quantitative estimate of drug-likeness (QED) is 0.873. The van der Waals surface area contributed by atoms with E-state index in [-0.39, 0.29) is 22.3 Å². The van der Waals surface area contributed by atoms with E-state index in [4.69, 9.17) is 23.2 Å². The molecule has 0 amide bonds. The molecular weight excluding hydrogens is 363 g/mol.